The van der Waals surface area contributed by atoms with Crippen molar-refractivity contribution in [3.8, 4) is 0 Å². The lowest BCUT2D eigenvalue weighted by Gasteiger charge is -2.14. The fourth-order valence-corrected chi connectivity index (χ4v) is 1.74. The van der Waals surface area contributed by atoms with Crippen LogP contribution in [0.15, 0.2) is 0 Å². The highest BCUT2D eigenvalue weighted by molar-refractivity contribution is 6.30. The van der Waals surface area contributed by atoms with Gasteiger partial charge in [0.1, 0.15) is 5.15 Å². The maximum absolute atomic E-state index is 9.08. The van der Waals surface area contributed by atoms with Crippen molar-refractivity contribution in [1.82, 2.24) is 15.1 Å². The Hall–Kier alpha value is -0.620. The SMILES string of the molecule is COCC(CO)NCc1c(C)nn(C)c1Cl. The Kier molecular flexibility index (Phi) is 5.21. The number of aliphatic hydroxyl groups is 1. The molecule has 92 valence electrons. The zero-order valence-corrected chi connectivity index (χ0v) is 10.6. The van der Waals surface area contributed by atoms with E-state index in [1.54, 1.807) is 18.8 Å². The Morgan fingerprint density at radius 2 is 2.31 bits per heavy atom. The number of nitrogens with one attached hydrogen (secondary N) is 1. The number of rotatable bonds is 6. The molecule has 0 saturated heterocycles. The van der Waals surface area contributed by atoms with Gasteiger partial charge in [-0.25, -0.2) is 0 Å². The molecule has 1 heterocycles. The van der Waals surface area contributed by atoms with E-state index in [0.29, 0.717) is 18.3 Å². The van der Waals surface area contributed by atoms with Crippen LogP contribution in [0.1, 0.15) is 11.3 Å². The zero-order valence-electron chi connectivity index (χ0n) is 9.83. The third-order valence-electron chi connectivity index (χ3n) is 2.43. The van der Waals surface area contributed by atoms with Crippen molar-refractivity contribution in [3.05, 3.63) is 16.4 Å². The lowest BCUT2D eigenvalue weighted by Crippen LogP contribution is -2.36. The molecule has 2 N–H and O–H groups in total. The van der Waals surface area contributed by atoms with Crippen molar-refractivity contribution >= 4 is 11.6 Å². The van der Waals surface area contributed by atoms with Crippen LogP contribution in [0.5, 0.6) is 0 Å². The number of nitrogens with zero attached hydrogens (tertiary/aromatic N) is 2. The maximum atomic E-state index is 9.08. The highest BCUT2D eigenvalue weighted by Crippen LogP contribution is 2.18. The molecule has 0 aromatic carbocycles. The van der Waals surface area contributed by atoms with E-state index in [9.17, 15) is 0 Å². The number of ether oxygens (including phenoxy) is 1. The van der Waals surface area contributed by atoms with Crippen molar-refractivity contribution in [2.45, 2.75) is 19.5 Å². The molecule has 1 rings (SSSR count). The summed E-state index contributed by atoms with van der Waals surface area (Å²) in [5.74, 6) is 0. The maximum Gasteiger partial charge on any atom is 0.131 e. The molecule has 5 nitrogen and oxygen atoms in total. The highest BCUT2D eigenvalue weighted by atomic mass is 35.5. The first-order valence-corrected chi connectivity index (χ1v) is 5.49. The molecule has 0 aliphatic carbocycles. The van der Waals surface area contributed by atoms with Crippen LogP contribution in [0, 0.1) is 6.92 Å². The van der Waals surface area contributed by atoms with Gasteiger partial charge in [0.05, 0.1) is 24.9 Å². The summed E-state index contributed by atoms with van der Waals surface area (Å²) in [7, 11) is 3.41. The Balaban J connectivity index is 2.59. The van der Waals surface area contributed by atoms with Crippen molar-refractivity contribution in [1.29, 1.82) is 0 Å². The number of halogens is 1. The van der Waals surface area contributed by atoms with Gasteiger partial charge in [-0.1, -0.05) is 11.6 Å². The molecule has 0 saturated carbocycles. The molecule has 1 aromatic rings. The number of hydrogen-bond acceptors (Lipinski definition) is 4. The molecule has 0 spiro atoms. The Morgan fingerprint density at radius 1 is 1.62 bits per heavy atom. The Labute approximate surface area is 100 Å². The third kappa shape index (κ3) is 3.18. The first kappa shape index (κ1) is 13.4. The normalized spacial score (nSPS) is 13.1. The van der Waals surface area contributed by atoms with E-state index in [4.69, 9.17) is 21.4 Å². The van der Waals surface area contributed by atoms with E-state index in [-0.39, 0.29) is 12.6 Å². The largest absolute Gasteiger partial charge is 0.395 e. The zero-order chi connectivity index (χ0) is 12.1. The molecule has 1 unspecified atom stereocenters. The van der Waals surface area contributed by atoms with Gasteiger partial charge < -0.3 is 15.2 Å². The van der Waals surface area contributed by atoms with Crippen molar-refractivity contribution in [2.24, 2.45) is 7.05 Å². The molecule has 0 bridgehead atoms. The standard InChI is InChI=1S/C10H18ClN3O2/c1-7-9(10(11)14(2)13-7)4-12-8(5-15)6-16-3/h8,12,15H,4-6H2,1-3H3. The number of aromatic nitrogens is 2. The van der Waals surface area contributed by atoms with Gasteiger partial charge in [-0.05, 0) is 6.92 Å². The van der Waals surface area contributed by atoms with Gasteiger partial charge in [0, 0.05) is 26.3 Å². The van der Waals surface area contributed by atoms with Crippen LogP contribution in [0.3, 0.4) is 0 Å². The van der Waals surface area contributed by atoms with Gasteiger partial charge in [0.15, 0.2) is 0 Å². The molecular formula is C10H18ClN3O2. The lowest BCUT2D eigenvalue weighted by atomic mass is 10.2. The molecule has 0 amide bonds. The van der Waals surface area contributed by atoms with Crippen LogP contribution in [0.2, 0.25) is 5.15 Å². The van der Waals surface area contributed by atoms with Crippen molar-refractivity contribution < 1.29 is 9.84 Å². The minimum atomic E-state index is -0.0827. The van der Waals surface area contributed by atoms with E-state index >= 15 is 0 Å². The van der Waals surface area contributed by atoms with E-state index in [1.165, 1.54) is 0 Å². The molecule has 0 fully saturated rings. The second-order valence-corrected chi connectivity index (χ2v) is 4.05. The fraction of sp³-hybridized carbons (Fsp3) is 0.700. The monoisotopic (exact) mass is 247 g/mol. The van der Waals surface area contributed by atoms with Gasteiger partial charge in [-0.2, -0.15) is 5.10 Å². The Bertz CT molecular complexity index is 341. The number of hydrogen-bond donors (Lipinski definition) is 2. The minimum Gasteiger partial charge on any atom is -0.395 e. The molecule has 6 heteroatoms. The number of aryl methyl sites for hydroxylation is 2. The average Bonchev–Trinajstić information content (AvgIpc) is 2.49. The van der Waals surface area contributed by atoms with E-state index < -0.39 is 0 Å². The molecule has 0 radical (unpaired) electrons. The first-order chi connectivity index (χ1) is 7.60. The van der Waals surface area contributed by atoms with E-state index in [0.717, 1.165) is 11.3 Å². The quantitative estimate of drug-likeness (QED) is 0.768. The molecular weight excluding hydrogens is 230 g/mol. The Morgan fingerprint density at radius 3 is 2.75 bits per heavy atom. The summed E-state index contributed by atoms with van der Waals surface area (Å²) in [5, 5.41) is 17.1. The summed E-state index contributed by atoms with van der Waals surface area (Å²) in [6.45, 7) is 2.98. The van der Waals surface area contributed by atoms with Gasteiger partial charge in [0.2, 0.25) is 0 Å². The molecule has 1 aromatic heterocycles. The summed E-state index contributed by atoms with van der Waals surface area (Å²) in [4.78, 5) is 0. The van der Waals surface area contributed by atoms with Crippen LogP contribution in [0.25, 0.3) is 0 Å². The van der Waals surface area contributed by atoms with Gasteiger partial charge in [-0.15, -0.1) is 0 Å². The smallest absolute Gasteiger partial charge is 0.131 e. The summed E-state index contributed by atoms with van der Waals surface area (Å²) in [6, 6.07) is -0.0827. The third-order valence-corrected chi connectivity index (χ3v) is 2.90. The summed E-state index contributed by atoms with van der Waals surface area (Å²) >= 11 is 6.08. The van der Waals surface area contributed by atoms with Gasteiger partial charge in [0.25, 0.3) is 0 Å². The summed E-state index contributed by atoms with van der Waals surface area (Å²) in [6.07, 6.45) is 0. The first-order valence-electron chi connectivity index (χ1n) is 5.11. The topological polar surface area (TPSA) is 59.3 Å². The van der Waals surface area contributed by atoms with Crippen LogP contribution in [0.4, 0.5) is 0 Å². The van der Waals surface area contributed by atoms with Crippen LogP contribution < -0.4 is 5.32 Å². The van der Waals surface area contributed by atoms with Crippen LogP contribution in [-0.2, 0) is 18.3 Å². The van der Waals surface area contributed by atoms with E-state index in [2.05, 4.69) is 10.4 Å². The highest BCUT2D eigenvalue weighted by Gasteiger charge is 2.13. The van der Waals surface area contributed by atoms with Crippen molar-refractivity contribution in [2.75, 3.05) is 20.3 Å². The summed E-state index contributed by atoms with van der Waals surface area (Å²) in [5.41, 5.74) is 1.85. The van der Waals surface area contributed by atoms with Crippen LogP contribution >= 0.6 is 11.6 Å². The molecule has 1 atom stereocenters. The lowest BCUT2D eigenvalue weighted by molar-refractivity contribution is 0.128. The second kappa shape index (κ2) is 6.20. The average molecular weight is 248 g/mol. The van der Waals surface area contributed by atoms with Crippen molar-refractivity contribution in [3.63, 3.8) is 0 Å². The molecule has 16 heavy (non-hydrogen) atoms. The van der Waals surface area contributed by atoms with Crippen LogP contribution in [-0.4, -0.2) is 41.3 Å². The molecule has 0 aliphatic rings. The summed E-state index contributed by atoms with van der Waals surface area (Å²) < 4.78 is 6.61. The van der Waals surface area contributed by atoms with Gasteiger partial charge >= 0.3 is 0 Å². The van der Waals surface area contributed by atoms with Gasteiger partial charge in [-0.3, -0.25) is 4.68 Å². The number of aliphatic hydroxyl groups excluding tert-OH is 1. The van der Waals surface area contributed by atoms with E-state index in [1.807, 2.05) is 6.92 Å². The number of methoxy groups -OCH3 is 1. The fourth-order valence-electron chi connectivity index (χ4n) is 1.50. The minimum absolute atomic E-state index is 0.0325. The molecule has 0 aliphatic heterocycles. The second-order valence-electron chi connectivity index (χ2n) is 3.69. The predicted molar refractivity (Wildman–Crippen MR) is 62.5 cm³/mol. The predicted octanol–water partition coefficient (Wildman–Crippen LogP) is 0.479.